The van der Waals surface area contributed by atoms with E-state index in [0.717, 1.165) is 38.1 Å². The van der Waals surface area contributed by atoms with Crippen LogP contribution in [-0.2, 0) is 11.3 Å². The third-order valence-corrected chi connectivity index (χ3v) is 5.24. The minimum Gasteiger partial charge on any atom is -0.481 e. The number of nitrogens with zero attached hydrogens (tertiary/aromatic N) is 2. The van der Waals surface area contributed by atoms with Crippen molar-refractivity contribution in [3.63, 3.8) is 0 Å². The zero-order chi connectivity index (χ0) is 17.5. The number of rotatable bonds is 6. The second-order valence-corrected chi connectivity index (χ2v) is 7.00. The molecule has 1 saturated heterocycles. The van der Waals surface area contributed by atoms with Crippen molar-refractivity contribution in [3.05, 3.63) is 23.9 Å². The van der Waals surface area contributed by atoms with Crippen molar-refractivity contribution in [2.24, 2.45) is 5.92 Å². The number of amides is 2. The second kappa shape index (κ2) is 9.04. The van der Waals surface area contributed by atoms with Crippen LogP contribution in [0.2, 0.25) is 0 Å². The molecule has 0 atom stereocenters. The lowest BCUT2D eigenvalue weighted by Gasteiger charge is -2.32. The molecule has 1 aliphatic carbocycles. The molecule has 2 heterocycles. The Morgan fingerprint density at radius 2 is 2.04 bits per heavy atom. The molecule has 1 saturated carbocycles. The van der Waals surface area contributed by atoms with Crippen LogP contribution in [0.1, 0.15) is 44.1 Å². The Hall–Kier alpha value is -1.82. The van der Waals surface area contributed by atoms with Gasteiger partial charge in [-0.3, -0.25) is 0 Å². The number of nitrogens with one attached hydrogen (secondary N) is 1. The lowest BCUT2D eigenvalue weighted by atomic mass is 9.98. The first-order chi connectivity index (χ1) is 12.3. The smallest absolute Gasteiger partial charge is 0.317 e. The first-order valence-electron chi connectivity index (χ1n) is 9.38. The third kappa shape index (κ3) is 5.08. The maximum Gasteiger partial charge on any atom is 0.317 e. The van der Waals surface area contributed by atoms with Crippen LogP contribution in [0.25, 0.3) is 0 Å². The van der Waals surface area contributed by atoms with Gasteiger partial charge >= 0.3 is 6.03 Å². The van der Waals surface area contributed by atoms with Crippen molar-refractivity contribution in [3.8, 4) is 5.88 Å². The summed E-state index contributed by atoms with van der Waals surface area (Å²) in [7, 11) is 1.59. The lowest BCUT2D eigenvalue weighted by molar-refractivity contribution is 0.0195. The second-order valence-electron chi connectivity index (χ2n) is 7.00. The van der Waals surface area contributed by atoms with E-state index in [1.54, 1.807) is 13.3 Å². The van der Waals surface area contributed by atoms with Crippen LogP contribution in [-0.4, -0.2) is 48.8 Å². The summed E-state index contributed by atoms with van der Waals surface area (Å²) in [5.41, 5.74) is 0.887. The summed E-state index contributed by atoms with van der Waals surface area (Å²) in [6.45, 7) is 2.89. The van der Waals surface area contributed by atoms with E-state index in [2.05, 4.69) is 10.3 Å². The van der Waals surface area contributed by atoms with Crippen LogP contribution >= 0.6 is 0 Å². The highest BCUT2D eigenvalue weighted by molar-refractivity contribution is 5.74. The van der Waals surface area contributed by atoms with Gasteiger partial charge in [-0.15, -0.1) is 0 Å². The fourth-order valence-electron chi connectivity index (χ4n) is 3.66. The van der Waals surface area contributed by atoms with E-state index >= 15 is 0 Å². The van der Waals surface area contributed by atoms with Crippen LogP contribution in [0.4, 0.5) is 4.79 Å². The lowest BCUT2D eigenvalue weighted by Crippen LogP contribution is -2.44. The molecule has 0 spiro atoms. The predicted molar refractivity (Wildman–Crippen MR) is 95.5 cm³/mol. The number of piperidine rings is 1. The molecule has 1 aromatic rings. The molecule has 1 aromatic heterocycles. The van der Waals surface area contributed by atoms with Crippen LogP contribution < -0.4 is 10.1 Å². The molecule has 0 bridgehead atoms. The average molecular weight is 347 g/mol. The van der Waals surface area contributed by atoms with E-state index in [1.165, 1.54) is 25.7 Å². The Bertz CT molecular complexity index is 553. The Morgan fingerprint density at radius 3 is 2.76 bits per heavy atom. The Labute approximate surface area is 149 Å². The number of ether oxygens (including phenoxy) is 2. The van der Waals surface area contributed by atoms with E-state index < -0.39 is 0 Å². The maximum atomic E-state index is 12.4. The van der Waals surface area contributed by atoms with Gasteiger partial charge in [0.1, 0.15) is 0 Å². The van der Waals surface area contributed by atoms with Gasteiger partial charge in [0.15, 0.2) is 0 Å². The van der Waals surface area contributed by atoms with Gasteiger partial charge in [0.25, 0.3) is 0 Å². The highest BCUT2D eigenvalue weighted by Crippen LogP contribution is 2.24. The summed E-state index contributed by atoms with van der Waals surface area (Å²) < 4.78 is 11.2. The van der Waals surface area contributed by atoms with Crippen molar-refractivity contribution in [1.82, 2.24) is 15.2 Å². The number of carbonyl (C=O) groups is 1. The molecule has 0 aromatic carbocycles. The molecule has 0 radical (unpaired) electrons. The Balaban J connectivity index is 1.37. The molecule has 6 nitrogen and oxygen atoms in total. The number of aromatic nitrogens is 1. The molecule has 2 aliphatic rings. The van der Waals surface area contributed by atoms with Gasteiger partial charge in [0.2, 0.25) is 5.88 Å². The Morgan fingerprint density at radius 1 is 1.28 bits per heavy atom. The quantitative estimate of drug-likeness (QED) is 0.859. The standard InChI is InChI=1S/C19H29N3O3/c1-24-18-16(5-4-10-20-18)13-21-19(23)22-11-8-15(9-12-22)14-25-17-6-2-3-7-17/h4-5,10,15,17H,2-3,6-9,11-14H2,1H3,(H,21,23). The summed E-state index contributed by atoms with van der Waals surface area (Å²) in [6, 6.07) is 3.75. The molecule has 25 heavy (non-hydrogen) atoms. The van der Waals surface area contributed by atoms with E-state index in [4.69, 9.17) is 9.47 Å². The summed E-state index contributed by atoms with van der Waals surface area (Å²) in [5.74, 6) is 1.15. The molecule has 2 amide bonds. The normalized spacial score (nSPS) is 19.2. The molecular weight excluding hydrogens is 318 g/mol. The number of pyridine rings is 1. The zero-order valence-corrected chi connectivity index (χ0v) is 15.1. The van der Waals surface area contributed by atoms with Gasteiger partial charge in [-0.25, -0.2) is 9.78 Å². The first kappa shape index (κ1) is 18.0. The number of carbonyl (C=O) groups excluding carboxylic acids is 1. The summed E-state index contributed by atoms with van der Waals surface area (Å²) in [5, 5.41) is 2.97. The summed E-state index contributed by atoms with van der Waals surface area (Å²) in [4.78, 5) is 18.4. The topological polar surface area (TPSA) is 63.7 Å². The molecule has 3 rings (SSSR count). The van der Waals surface area contributed by atoms with Gasteiger partial charge in [-0.2, -0.15) is 0 Å². The maximum absolute atomic E-state index is 12.4. The van der Waals surface area contributed by atoms with E-state index in [1.807, 2.05) is 17.0 Å². The molecular formula is C19H29N3O3. The highest BCUT2D eigenvalue weighted by atomic mass is 16.5. The SMILES string of the molecule is COc1ncccc1CNC(=O)N1CCC(COC2CCCC2)CC1. The van der Waals surface area contributed by atoms with Gasteiger partial charge in [0, 0.05) is 38.0 Å². The van der Waals surface area contributed by atoms with E-state index in [9.17, 15) is 4.79 Å². The van der Waals surface area contributed by atoms with Crippen LogP contribution in [0.5, 0.6) is 5.88 Å². The van der Waals surface area contributed by atoms with Crippen molar-refractivity contribution >= 4 is 6.03 Å². The van der Waals surface area contributed by atoms with Crippen molar-refractivity contribution in [1.29, 1.82) is 0 Å². The molecule has 2 fully saturated rings. The minimum atomic E-state index is -0.0129. The fourth-order valence-corrected chi connectivity index (χ4v) is 3.66. The molecule has 6 heteroatoms. The zero-order valence-electron chi connectivity index (χ0n) is 15.1. The third-order valence-electron chi connectivity index (χ3n) is 5.24. The predicted octanol–water partition coefficient (Wildman–Crippen LogP) is 2.97. The number of urea groups is 1. The molecule has 1 N–H and O–H groups in total. The van der Waals surface area contributed by atoms with Crippen LogP contribution in [0.3, 0.4) is 0 Å². The highest BCUT2D eigenvalue weighted by Gasteiger charge is 2.24. The van der Waals surface area contributed by atoms with Gasteiger partial charge in [-0.05, 0) is 37.7 Å². The van der Waals surface area contributed by atoms with Crippen LogP contribution in [0.15, 0.2) is 18.3 Å². The van der Waals surface area contributed by atoms with Gasteiger partial charge in [-0.1, -0.05) is 18.9 Å². The molecule has 0 unspecified atom stereocenters. The average Bonchev–Trinajstić information content (AvgIpc) is 3.18. The van der Waals surface area contributed by atoms with Crippen molar-refractivity contribution in [2.45, 2.75) is 51.2 Å². The van der Waals surface area contributed by atoms with Crippen molar-refractivity contribution in [2.75, 3.05) is 26.8 Å². The largest absolute Gasteiger partial charge is 0.481 e. The van der Waals surface area contributed by atoms with E-state index in [-0.39, 0.29) is 6.03 Å². The fraction of sp³-hybridized carbons (Fsp3) is 0.684. The first-order valence-corrected chi connectivity index (χ1v) is 9.38. The Kier molecular flexibility index (Phi) is 6.50. The molecule has 138 valence electrons. The van der Waals surface area contributed by atoms with Crippen molar-refractivity contribution < 1.29 is 14.3 Å². The number of likely N-dealkylation sites (tertiary alicyclic amines) is 1. The summed E-state index contributed by atoms with van der Waals surface area (Å²) in [6.07, 6.45) is 9.28. The number of methoxy groups -OCH3 is 1. The monoisotopic (exact) mass is 347 g/mol. The van der Waals surface area contributed by atoms with Gasteiger partial charge in [0.05, 0.1) is 13.2 Å². The molecule has 1 aliphatic heterocycles. The van der Waals surface area contributed by atoms with Crippen LogP contribution in [0, 0.1) is 5.92 Å². The summed E-state index contributed by atoms with van der Waals surface area (Å²) >= 11 is 0. The minimum absolute atomic E-state index is 0.0129. The number of hydrogen-bond donors (Lipinski definition) is 1. The number of hydrogen-bond acceptors (Lipinski definition) is 4. The van der Waals surface area contributed by atoms with E-state index in [0.29, 0.717) is 24.4 Å². The van der Waals surface area contributed by atoms with Gasteiger partial charge < -0.3 is 19.7 Å².